The number of Topliss-reactive ketones (excluding diaryl/α,β-unsaturated/α-hetero) is 1. The van der Waals surface area contributed by atoms with Crippen LogP contribution in [0.5, 0.6) is 0 Å². The molecule has 3 rings (SSSR count). The molecule has 0 saturated carbocycles. The van der Waals surface area contributed by atoms with E-state index in [1.165, 1.54) is 9.80 Å². The molecular weight excluding hydrogens is 376 g/mol. The maximum absolute atomic E-state index is 13.2. The predicted octanol–water partition coefficient (Wildman–Crippen LogP) is 2.04. The lowest BCUT2D eigenvalue weighted by molar-refractivity contribution is -0.154. The van der Waals surface area contributed by atoms with Crippen LogP contribution in [0.25, 0.3) is 0 Å². The number of nitrogens with zero attached hydrogens (tertiary/aromatic N) is 2. The molecule has 1 atom stereocenters. The van der Waals surface area contributed by atoms with Crippen LogP contribution >= 0.6 is 0 Å². The summed E-state index contributed by atoms with van der Waals surface area (Å²) in [6.07, 6.45) is -0.576. The number of amides is 2. The van der Waals surface area contributed by atoms with Crippen molar-refractivity contribution in [2.75, 3.05) is 31.1 Å². The molecule has 0 aromatic heterocycles. The lowest BCUT2D eigenvalue weighted by Crippen LogP contribution is -2.65. The second-order valence-electron chi connectivity index (χ2n) is 7.25. The summed E-state index contributed by atoms with van der Waals surface area (Å²) in [6, 6.07) is 7.24. The van der Waals surface area contributed by atoms with Crippen LogP contribution < -0.4 is 4.90 Å². The van der Waals surface area contributed by atoms with E-state index in [1.54, 1.807) is 32.9 Å². The van der Waals surface area contributed by atoms with Gasteiger partial charge < -0.3 is 14.4 Å². The summed E-state index contributed by atoms with van der Waals surface area (Å²) in [5.74, 6) is -1.01. The molecule has 2 amide bonds. The highest BCUT2D eigenvalue weighted by atomic mass is 16.6. The van der Waals surface area contributed by atoms with E-state index in [1.807, 2.05) is 12.1 Å². The van der Waals surface area contributed by atoms with Gasteiger partial charge in [0.2, 0.25) is 5.91 Å². The van der Waals surface area contributed by atoms with Crippen molar-refractivity contribution in [2.45, 2.75) is 45.1 Å². The lowest BCUT2D eigenvalue weighted by atomic mass is 9.75. The maximum atomic E-state index is 13.2. The average Bonchev–Trinajstić information content (AvgIpc) is 2.93. The van der Waals surface area contributed by atoms with Crippen LogP contribution in [0.2, 0.25) is 0 Å². The first-order chi connectivity index (χ1) is 13.9. The van der Waals surface area contributed by atoms with Gasteiger partial charge in [-0.25, -0.2) is 4.79 Å². The van der Waals surface area contributed by atoms with Gasteiger partial charge in [-0.1, -0.05) is 32.0 Å². The molecule has 0 radical (unpaired) electrons. The fourth-order valence-corrected chi connectivity index (χ4v) is 3.94. The van der Waals surface area contributed by atoms with Crippen molar-refractivity contribution in [2.24, 2.45) is 0 Å². The minimum absolute atomic E-state index is 0.144. The summed E-state index contributed by atoms with van der Waals surface area (Å²) in [5, 5.41) is 0. The third-order valence-electron chi connectivity index (χ3n) is 5.45. The number of likely N-dealkylation sites (tertiary alicyclic amines) is 1. The molecule has 29 heavy (non-hydrogen) atoms. The average molecular weight is 402 g/mol. The molecule has 1 fully saturated rings. The van der Waals surface area contributed by atoms with E-state index in [0.29, 0.717) is 12.1 Å². The summed E-state index contributed by atoms with van der Waals surface area (Å²) in [4.78, 5) is 52.4. The number of hydrogen-bond acceptors (Lipinski definition) is 6. The van der Waals surface area contributed by atoms with Gasteiger partial charge in [-0.15, -0.1) is 0 Å². The van der Waals surface area contributed by atoms with E-state index < -0.39 is 23.6 Å². The van der Waals surface area contributed by atoms with Gasteiger partial charge in [-0.3, -0.25) is 19.3 Å². The Kier molecular flexibility index (Phi) is 5.91. The minimum Gasteiger partial charge on any atom is -0.453 e. The molecule has 0 aliphatic carbocycles. The minimum atomic E-state index is -0.868. The maximum Gasteiger partial charge on any atom is 0.409 e. The monoisotopic (exact) mass is 402 g/mol. The van der Waals surface area contributed by atoms with Crippen LogP contribution in [0.3, 0.4) is 0 Å². The number of para-hydroxylation sites is 1. The van der Waals surface area contributed by atoms with Gasteiger partial charge in [0, 0.05) is 25.2 Å². The zero-order valence-corrected chi connectivity index (χ0v) is 17.0. The van der Waals surface area contributed by atoms with Crippen LogP contribution in [0.1, 0.15) is 39.2 Å². The molecule has 2 heterocycles. The Hall–Kier alpha value is -2.90. The van der Waals surface area contributed by atoms with E-state index in [9.17, 15) is 19.2 Å². The van der Waals surface area contributed by atoms with Crippen molar-refractivity contribution in [3.05, 3.63) is 29.8 Å². The van der Waals surface area contributed by atoms with Crippen LogP contribution in [0, 0.1) is 0 Å². The zero-order chi connectivity index (χ0) is 21.2. The fraction of sp³-hybridized carbons (Fsp3) is 0.524. The molecule has 0 bridgehead atoms. The first kappa shape index (κ1) is 20.8. The smallest absolute Gasteiger partial charge is 0.409 e. The summed E-state index contributed by atoms with van der Waals surface area (Å²) >= 11 is 0. The summed E-state index contributed by atoms with van der Waals surface area (Å²) in [6.45, 7) is 5.62. The molecule has 8 nitrogen and oxygen atoms in total. The highest BCUT2D eigenvalue weighted by Gasteiger charge is 2.59. The number of carbonyl (C=O) groups excluding carboxylic acids is 4. The molecule has 2 aliphatic heterocycles. The Labute approximate surface area is 169 Å². The zero-order valence-electron chi connectivity index (χ0n) is 17.0. The second-order valence-corrected chi connectivity index (χ2v) is 7.25. The van der Waals surface area contributed by atoms with Crippen molar-refractivity contribution in [1.29, 1.82) is 0 Å². The third kappa shape index (κ3) is 3.59. The highest BCUT2D eigenvalue weighted by molar-refractivity contribution is 6.12. The number of esters is 1. The van der Waals surface area contributed by atoms with Crippen molar-refractivity contribution in [1.82, 2.24) is 4.90 Å². The van der Waals surface area contributed by atoms with Gasteiger partial charge in [0.25, 0.3) is 0 Å². The Morgan fingerprint density at radius 3 is 2.45 bits per heavy atom. The molecule has 1 aromatic rings. The predicted molar refractivity (Wildman–Crippen MR) is 105 cm³/mol. The van der Waals surface area contributed by atoms with E-state index >= 15 is 0 Å². The van der Waals surface area contributed by atoms with Crippen molar-refractivity contribution in [3.63, 3.8) is 0 Å². The topological polar surface area (TPSA) is 93.2 Å². The molecule has 2 aliphatic rings. The standard InChI is InChI=1S/C21H26N2O6/c1-4-16(24)17(5-2)29-18(25)11-23-15-10-8-7-9-14(15)21(19(23)26)12-22(13-21)20(27)28-6-3/h7-10,17H,4-6,11-13H2,1-3H3. The van der Waals surface area contributed by atoms with Crippen LogP contribution in [0.15, 0.2) is 24.3 Å². The van der Waals surface area contributed by atoms with Crippen molar-refractivity contribution < 1.29 is 28.7 Å². The van der Waals surface area contributed by atoms with E-state index in [-0.39, 0.29) is 44.4 Å². The molecular formula is C21H26N2O6. The lowest BCUT2D eigenvalue weighted by Gasteiger charge is -2.45. The Balaban J connectivity index is 1.76. The quantitative estimate of drug-likeness (QED) is 0.648. The molecule has 156 valence electrons. The second kappa shape index (κ2) is 8.23. The first-order valence-electron chi connectivity index (χ1n) is 9.93. The Morgan fingerprint density at radius 2 is 1.83 bits per heavy atom. The van der Waals surface area contributed by atoms with E-state index in [4.69, 9.17) is 9.47 Å². The Bertz CT molecular complexity index is 830. The number of ketones is 1. The molecule has 1 saturated heterocycles. The van der Waals surface area contributed by atoms with Gasteiger partial charge in [0.05, 0.1) is 6.61 Å². The van der Waals surface area contributed by atoms with Gasteiger partial charge in [0.15, 0.2) is 11.9 Å². The van der Waals surface area contributed by atoms with Crippen LogP contribution in [0.4, 0.5) is 10.5 Å². The van der Waals surface area contributed by atoms with E-state index in [2.05, 4.69) is 0 Å². The number of fused-ring (bicyclic) bond motifs is 2. The van der Waals surface area contributed by atoms with E-state index in [0.717, 1.165) is 5.56 Å². The SMILES string of the molecule is CCOC(=O)N1CC2(C1)C(=O)N(CC(=O)OC(CC)C(=O)CC)c1ccccc12. The third-order valence-corrected chi connectivity index (χ3v) is 5.45. The number of carbonyl (C=O) groups is 4. The number of benzene rings is 1. The number of rotatable bonds is 7. The van der Waals surface area contributed by atoms with Crippen LogP contribution in [-0.4, -0.2) is 61.0 Å². The highest BCUT2D eigenvalue weighted by Crippen LogP contribution is 2.47. The summed E-state index contributed by atoms with van der Waals surface area (Å²) in [5.41, 5.74) is 0.551. The molecule has 1 unspecified atom stereocenters. The van der Waals surface area contributed by atoms with Crippen LogP contribution in [-0.2, 0) is 29.3 Å². The first-order valence-corrected chi connectivity index (χ1v) is 9.93. The largest absolute Gasteiger partial charge is 0.453 e. The summed E-state index contributed by atoms with van der Waals surface area (Å²) < 4.78 is 10.3. The van der Waals surface area contributed by atoms with Crippen molar-refractivity contribution in [3.8, 4) is 0 Å². The van der Waals surface area contributed by atoms with Gasteiger partial charge in [-0.2, -0.15) is 0 Å². The molecule has 8 heteroatoms. The van der Waals surface area contributed by atoms with Crippen molar-refractivity contribution >= 4 is 29.4 Å². The Morgan fingerprint density at radius 1 is 1.14 bits per heavy atom. The number of anilines is 1. The normalized spacial score (nSPS) is 17.6. The molecule has 1 aromatic carbocycles. The molecule has 0 N–H and O–H groups in total. The summed E-state index contributed by atoms with van der Waals surface area (Å²) in [7, 11) is 0. The fourth-order valence-electron chi connectivity index (χ4n) is 3.94. The number of hydrogen-bond donors (Lipinski definition) is 0. The number of ether oxygens (including phenoxy) is 2. The van der Waals surface area contributed by atoms with Gasteiger partial charge in [-0.05, 0) is 25.0 Å². The van der Waals surface area contributed by atoms with Gasteiger partial charge in [0.1, 0.15) is 12.0 Å². The van der Waals surface area contributed by atoms with Gasteiger partial charge >= 0.3 is 12.1 Å². The molecule has 1 spiro atoms.